The first kappa shape index (κ1) is 13.9. The molecule has 6 heteroatoms. The predicted molar refractivity (Wildman–Crippen MR) is 66.7 cm³/mol. The molecule has 2 N–H and O–H groups in total. The molecule has 0 aromatic carbocycles. The first-order valence-electron chi connectivity index (χ1n) is 5.32. The maximum absolute atomic E-state index is 11.9. The Labute approximate surface area is 102 Å². The van der Waals surface area contributed by atoms with E-state index < -0.39 is 15.1 Å². The Kier molecular flexibility index (Phi) is 4.47. The number of sulfone groups is 1. The molecule has 0 aliphatic heterocycles. The average Bonchev–Trinajstić information content (AvgIpc) is 2.26. The van der Waals surface area contributed by atoms with Crippen LogP contribution in [0.3, 0.4) is 0 Å². The van der Waals surface area contributed by atoms with Crippen LogP contribution in [0.15, 0.2) is 12.1 Å². The molecule has 0 bridgehead atoms. The van der Waals surface area contributed by atoms with Crippen LogP contribution in [0.5, 0.6) is 5.75 Å². The number of methoxy groups -OCH3 is 1. The molecule has 0 saturated carbocycles. The SMILES string of the molecule is COc1cc(C)nc(CS(=O)(=O)C(C)CN)c1. The monoisotopic (exact) mass is 258 g/mol. The summed E-state index contributed by atoms with van der Waals surface area (Å²) >= 11 is 0. The Hall–Kier alpha value is -1.14. The number of pyridine rings is 1. The fraction of sp³-hybridized carbons (Fsp3) is 0.545. The second-order valence-corrected chi connectivity index (χ2v) is 6.41. The van der Waals surface area contributed by atoms with Crippen molar-refractivity contribution in [2.24, 2.45) is 5.73 Å². The van der Waals surface area contributed by atoms with Crippen LogP contribution in [0, 0.1) is 6.92 Å². The van der Waals surface area contributed by atoms with E-state index in [4.69, 9.17) is 10.5 Å². The van der Waals surface area contributed by atoms with E-state index >= 15 is 0 Å². The third-order valence-corrected chi connectivity index (χ3v) is 4.63. The number of ether oxygens (including phenoxy) is 1. The van der Waals surface area contributed by atoms with Crippen molar-refractivity contribution >= 4 is 9.84 Å². The van der Waals surface area contributed by atoms with Gasteiger partial charge in [-0.1, -0.05) is 0 Å². The Balaban J connectivity index is 2.99. The molecule has 1 aromatic heterocycles. The summed E-state index contributed by atoms with van der Waals surface area (Å²) in [4.78, 5) is 4.18. The molecule has 0 amide bonds. The molecule has 1 aromatic rings. The van der Waals surface area contributed by atoms with E-state index in [1.165, 1.54) is 7.11 Å². The Bertz CT molecular complexity index is 485. The normalized spacial score (nSPS) is 13.4. The van der Waals surface area contributed by atoms with Gasteiger partial charge in [0.15, 0.2) is 9.84 Å². The molecule has 96 valence electrons. The van der Waals surface area contributed by atoms with E-state index in [0.717, 1.165) is 5.69 Å². The fourth-order valence-corrected chi connectivity index (χ4v) is 2.53. The highest BCUT2D eigenvalue weighted by molar-refractivity contribution is 7.91. The lowest BCUT2D eigenvalue weighted by Gasteiger charge is -2.11. The van der Waals surface area contributed by atoms with Gasteiger partial charge < -0.3 is 10.5 Å². The van der Waals surface area contributed by atoms with Crippen LogP contribution in [0.2, 0.25) is 0 Å². The number of aryl methyl sites for hydroxylation is 1. The summed E-state index contributed by atoms with van der Waals surface area (Å²) in [5.74, 6) is 0.506. The molecule has 1 unspecified atom stereocenters. The van der Waals surface area contributed by atoms with Gasteiger partial charge in [-0.25, -0.2) is 8.42 Å². The molecule has 1 rings (SSSR count). The highest BCUT2D eigenvalue weighted by Crippen LogP contribution is 2.16. The van der Waals surface area contributed by atoms with E-state index in [2.05, 4.69) is 4.98 Å². The average molecular weight is 258 g/mol. The first-order chi connectivity index (χ1) is 7.89. The number of hydrogen-bond donors (Lipinski definition) is 1. The van der Waals surface area contributed by atoms with Crippen molar-refractivity contribution < 1.29 is 13.2 Å². The molecule has 0 spiro atoms. The molecular weight excluding hydrogens is 240 g/mol. The molecular formula is C11H18N2O3S. The van der Waals surface area contributed by atoms with Crippen molar-refractivity contribution in [3.05, 3.63) is 23.5 Å². The minimum atomic E-state index is -3.25. The number of aromatic nitrogens is 1. The van der Waals surface area contributed by atoms with Gasteiger partial charge in [0.05, 0.1) is 23.8 Å². The fourth-order valence-electron chi connectivity index (χ4n) is 1.39. The molecule has 0 saturated heterocycles. The summed E-state index contributed by atoms with van der Waals surface area (Å²) in [7, 11) is -1.71. The number of nitrogens with two attached hydrogens (primary N) is 1. The van der Waals surface area contributed by atoms with Gasteiger partial charge in [-0.3, -0.25) is 4.98 Å². The van der Waals surface area contributed by atoms with Gasteiger partial charge in [0.25, 0.3) is 0 Å². The van der Waals surface area contributed by atoms with Crippen molar-refractivity contribution in [2.45, 2.75) is 24.9 Å². The molecule has 0 aliphatic rings. The Morgan fingerprint density at radius 2 is 2.12 bits per heavy atom. The van der Waals surface area contributed by atoms with Crippen molar-refractivity contribution in [1.82, 2.24) is 4.98 Å². The van der Waals surface area contributed by atoms with E-state index in [9.17, 15) is 8.42 Å². The first-order valence-corrected chi connectivity index (χ1v) is 7.03. The summed E-state index contributed by atoms with van der Waals surface area (Å²) in [6, 6.07) is 3.39. The summed E-state index contributed by atoms with van der Waals surface area (Å²) < 4.78 is 28.8. The lowest BCUT2D eigenvalue weighted by atomic mass is 10.3. The van der Waals surface area contributed by atoms with Crippen LogP contribution in [0.4, 0.5) is 0 Å². The second kappa shape index (κ2) is 5.46. The molecule has 17 heavy (non-hydrogen) atoms. The third-order valence-electron chi connectivity index (χ3n) is 2.51. The Morgan fingerprint density at radius 3 is 2.65 bits per heavy atom. The van der Waals surface area contributed by atoms with Crippen molar-refractivity contribution in [3.8, 4) is 5.75 Å². The lowest BCUT2D eigenvalue weighted by Crippen LogP contribution is -2.28. The van der Waals surface area contributed by atoms with Crippen LogP contribution in [-0.4, -0.2) is 32.3 Å². The van der Waals surface area contributed by atoms with E-state index in [0.29, 0.717) is 11.4 Å². The van der Waals surface area contributed by atoms with Crippen LogP contribution in [0.25, 0.3) is 0 Å². The second-order valence-electron chi connectivity index (χ2n) is 3.99. The standard InChI is InChI=1S/C11H18N2O3S/c1-8-4-11(16-3)5-10(13-8)7-17(14,15)9(2)6-12/h4-5,9H,6-7,12H2,1-3H3. The van der Waals surface area contributed by atoms with Crippen LogP contribution < -0.4 is 10.5 Å². The van der Waals surface area contributed by atoms with Crippen molar-refractivity contribution in [1.29, 1.82) is 0 Å². The zero-order valence-corrected chi connectivity index (χ0v) is 11.1. The van der Waals surface area contributed by atoms with Gasteiger partial charge in [0.1, 0.15) is 5.75 Å². The summed E-state index contributed by atoms with van der Waals surface area (Å²) in [6.07, 6.45) is 0. The quantitative estimate of drug-likeness (QED) is 0.839. The highest BCUT2D eigenvalue weighted by atomic mass is 32.2. The van der Waals surface area contributed by atoms with Gasteiger partial charge in [-0.2, -0.15) is 0 Å². The van der Waals surface area contributed by atoms with Gasteiger partial charge >= 0.3 is 0 Å². The summed E-state index contributed by atoms with van der Waals surface area (Å²) in [5, 5.41) is -0.559. The molecule has 1 heterocycles. The smallest absolute Gasteiger partial charge is 0.159 e. The molecule has 0 radical (unpaired) electrons. The van der Waals surface area contributed by atoms with Crippen LogP contribution in [-0.2, 0) is 15.6 Å². The lowest BCUT2D eigenvalue weighted by molar-refractivity contribution is 0.413. The van der Waals surface area contributed by atoms with Gasteiger partial charge in [-0.15, -0.1) is 0 Å². The topological polar surface area (TPSA) is 82.3 Å². The minimum absolute atomic E-state index is 0.108. The minimum Gasteiger partial charge on any atom is -0.497 e. The molecule has 5 nitrogen and oxygen atoms in total. The zero-order valence-electron chi connectivity index (χ0n) is 10.3. The van der Waals surface area contributed by atoms with Gasteiger partial charge in [0, 0.05) is 24.4 Å². The maximum atomic E-state index is 11.9. The molecule has 1 atom stereocenters. The van der Waals surface area contributed by atoms with E-state index in [1.807, 2.05) is 0 Å². The van der Waals surface area contributed by atoms with Gasteiger partial charge in [0.2, 0.25) is 0 Å². The third kappa shape index (κ3) is 3.67. The van der Waals surface area contributed by atoms with E-state index in [-0.39, 0.29) is 12.3 Å². The van der Waals surface area contributed by atoms with Crippen molar-refractivity contribution in [2.75, 3.05) is 13.7 Å². The number of rotatable bonds is 5. The largest absolute Gasteiger partial charge is 0.497 e. The Morgan fingerprint density at radius 1 is 1.47 bits per heavy atom. The number of hydrogen-bond acceptors (Lipinski definition) is 5. The van der Waals surface area contributed by atoms with E-state index in [1.54, 1.807) is 26.0 Å². The summed E-state index contributed by atoms with van der Waals surface area (Å²) in [5.41, 5.74) is 6.59. The maximum Gasteiger partial charge on any atom is 0.159 e. The van der Waals surface area contributed by atoms with Crippen molar-refractivity contribution in [3.63, 3.8) is 0 Å². The molecule has 0 aliphatic carbocycles. The summed E-state index contributed by atoms with van der Waals surface area (Å²) in [6.45, 7) is 3.51. The van der Waals surface area contributed by atoms with Crippen LogP contribution in [0.1, 0.15) is 18.3 Å². The van der Waals surface area contributed by atoms with Gasteiger partial charge in [-0.05, 0) is 13.8 Å². The molecule has 0 fully saturated rings. The zero-order chi connectivity index (χ0) is 13.1. The predicted octanol–water partition coefficient (Wildman–Crippen LogP) is 0.661. The van der Waals surface area contributed by atoms with Crippen LogP contribution >= 0.6 is 0 Å². The highest BCUT2D eigenvalue weighted by Gasteiger charge is 2.20. The number of nitrogens with zero attached hydrogens (tertiary/aromatic N) is 1.